The Balaban J connectivity index is 2.21. The third-order valence-electron chi connectivity index (χ3n) is 2.44. The molecule has 1 atom stereocenters. The lowest BCUT2D eigenvalue weighted by atomic mass is 9.97. The normalized spacial score (nSPS) is 21.4. The van der Waals surface area contributed by atoms with E-state index >= 15 is 0 Å². The zero-order valence-electron chi connectivity index (χ0n) is 9.16. The fraction of sp³-hybridized carbons (Fsp3) is 0.818. The van der Waals surface area contributed by atoms with Gasteiger partial charge in [0.25, 0.3) is 0 Å². The molecule has 0 N–H and O–H groups in total. The van der Waals surface area contributed by atoms with Crippen molar-refractivity contribution in [1.29, 1.82) is 0 Å². The van der Waals surface area contributed by atoms with Crippen LogP contribution in [0.4, 0.5) is 0 Å². The maximum Gasteiger partial charge on any atom is 0.306 e. The van der Waals surface area contributed by atoms with E-state index < -0.39 is 0 Å². The van der Waals surface area contributed by atoms with E-state index in [9.17, 15) is 9.59 Å². The Morgan fingerprint density at radius 1 is 1.60 bits per heavy atom. The molecule has 0 amide bonds. The van der Waals surface area contributed by atoms with Crippen molar-refractivity contribution in [3.05, 3.63) is 0 Å². The molecule has 1 fully saturated rings. The van der Waals surface area contributed by atoms with Crippen molar-refractivity contribution in [1.82, 2.24) is 0 Å². The summed E-state index contributed by atoms with van der Waals surface area (Å²) < 4.78 is 10.1. The number of carbonyl (C=O) groups is 2. The lowest BCUT2D eigenvalue weighted by Crippen LogP contribution is -2.30. The minimum Gasteiger partial charge on any atom is -0.466 e. The molecule has 0 spiro atoms. The van der Waals surface area contributed by atoms with Crippen molar-refractivity contribution in [3.63, 3.8) is 0 Å². The molecular formula is C11H18O4. The summed E-state index contributed by atoms with van der Waals surface area (Å²) in [5.41, 5.74) is 0. The van der Waals surface area contributed by atoms with Crippen molar-refractivity contribution < 1.29 is 19.1 Å². The van der Waals surface area contributed by atoms with E-state index in [-0.39, 0.29) is 24.1 Å². The average molecular weight is 214 g/mol. The first-order chi connectivity index (χ1) is 7.24. The van der Waals surface area contributed by atoms with E-state index in [4.69, 9.17) is 9.47 Å². The fourth-order valence-electron chi connectivity index (χ4n) is 1.46. The Bertz CT molecular complexity index is 225. The van der Waals surface area contributed by atoms with E-state index in [1.165, 1.54) is 0 Å². The first-order valence-electron chi connectivity index (χ1n) is 5.50. The van der Waals surface area contributed by atoms with Crippen molar-refractivity contribution in [2.45, 2.75) is 32.6 Å². The van der Waals surface area contributed by atoms with Crippen LogP contribution in [0.15, 0.2) is 0 Å². The Morgan fingerprint density at radius 3 is 3.07 bits per heavy atom. The SMILES string of the molecule is CCCCOC(=O)C[C@@H]1COCCC1=O. The summed E-state index contributed by atoms with van der Waals surface area (Å²) >= 11 is 0. The van der Waals surface area contributed by atoms with Crippen molar-refractivity contribution >= 4 is 11.8 Å². The van der Waals surface area contributed by atoms with Gasteiger partial charge >= 0.3 is 5.97 Å². The van der Waals surface area contributed by atoms with Crippen LogP contribution in [0.25, 0.3) is 0 Å². The summed E-state index contributed by atoms with van der Waals surface area (Å²) in [5, 5.41) is 0. The number of ether oxygens (including phenoxy) is 2. The summed E-state index contributed by atoms with van der Waals surface area (Å²) in [6.07, 6.45) is 2.47. The van der Waals surface area contributed by atoms with Crippen molar-refractivity contribution in [2.24, 2.45) is 5.92 Å². The zero-order valence-corrected chi connectivity index (χ0v) is 9.16. The fourth-order valence-corrected chi connectivity index (χ4v) is 1.46. The van der Waals surface area contributed by atoms with Crippen LogP contribution in [0.5, 0.6) is 0 Å². The summed E-state index contributed by atoms with van der Waals surface area (Å²) in [7, 11) is 0. The van der Waals surface area contributed by atoms with E-state index in [1.54, 1.807) is 0 Å². The molecule has 1 aliphatic rings. The second-order valence-electron chi connectivity index (χ2n) is 3.77. The van der Waals surface area contributed by atoms with Gasteiger partial charge in [-0.05, 0) is 6.42 Å². The Labute approximate surface area is 89.9 Å². The van der Waals surface area contributed by atoms with E-state index in [0.29, 0.717) is 26.2 Å². The minimum atomic E-state index is -0.285. The largest absolute Gasteiger partial charge is 0.466 e. The molecule has 1 rings (SSSR count). The van der Waals surface area contributed by atoms with Crippen LogP contribution >= 0.6 is 0 Å². The lowest BCUT2D eigenvalue weighted by molar-refractivity contribution is -0.149. The third-order valence-corrected chi connectivity index (χ3v) is 2.44. The highest BCUT2D eigenvalue weighted by Crippen LogP contribution is 2.14. The minimum absolute atomic E-state index is 0.119. The van der Waals surface area contributed by atoms with Crippen LogP contribution in [0.2, 0.25) is 0 Å². The molecule has 15 heavy (non-hydrogen) atoms. The first kappa shape index (κ1) is 12.2. The molecule has 0 bridgehead atoms. The molecule has 1 saturated heterocycles. The van der Waals surface area contributed by atoms with Gasteiger partial charge in [0, 0.05) is 6.42 Å². The van der Waals surface area contributed by atoms with Gasteiger partial charge in [-0.3, -0.25) is 9.59 Å². The number of rotatable bonds is 5. The number of hydrogen-bond donors (Lipinski definition) is 0. The van der Waals surface area contributed by atoms with Crippen LogP contribution in [-0.4, -0.2) is 31.6 Å². The van der Waals surface area contributed by atoms with Crippen LogP contribution < -0.4 is 0 Å². The highest BCUT2D eigenvalue weighted by Gasteiger charge is 2.25. The summed E-state index contributed by atoms with van der Waals surface area (Å²) in [4.78, 5) is 22.7. The van der Waals surface area contributed by atoms with E-state index in [1.807, 2.05) is 6.92 Å². The van der Waals surface area contributed by atoms with Gasteiger partial charge in [0.05, 0.1) is 32.2 Å². The van der Waals surface area contributed by atoms with Crippen molar-refractivity contribution in [2.75, 3.05) is 19.8 Å². The van der Waals surface area contributed by atoms with Gasteiger partial charge < -0.3 is 9.47 Å². The highest BCUT2D eigenvalue weighted by molar-refractivity contribution is 5.86. The van der Waals surface area contributed by atoms with Gasteiger partial charge in [-0.15, -0.1) is 0 Å². The zero-order chi connectivity index (χ0) is 11.1. The highest BCUT2D eigenvalue weighted by atomic mass is 16.5. The molecule has 4 heteroatoms. The van der Waals surface area contributed by atoms with Gasteiger partial charge in [-0.1, -0.05) is 13.3 Å². The second-order valence-corrected chi connectivity index (χ2v) is 3.77. The molecular weight excluding hydrogens is 196 g/mol. The summed E-state index contributed by atoms with van der Waals surface area (Å²) in [5.74, 6) is -0.450. The molecule has 4 nitrogen and oxygen atoms in total. The van der Waals surface area contributed by atoms with Gasteiger partial charge in [0.1, 0.15) is 5.78 Å². The van der Waals surface area contributed by atoms with Crippen LogP contribution in [-0.2, 0) is 19.1 Å². The second kappa shape index (κ2) is 6.56. The quantitative estimate of drug-likeness (QED) is 0.511. The Morgan fingerprint density at radius 2 is 2.40 bits per heavy atom. The van der Waals surface area contributed by atoms with Crippen molar-refractivity contribution in [3.8, 4) is 0 Å². The van der Waals surface area contributed by atoms with Gasteiger partial charge in [0.2, 0.25) is 0 Å². The molecule has 0 unspecified atom stereocenters. The maximum atomic E-state index is 11.4. The standard InChI is InChI=1S/C11H18O4/c1-2-3-5-15-11(13)7-9-8-14-6-4-10(9)12/h9H,2-8H2,1H3/t9-/m1/s1. The summed E-state index contributed by atoms with van der Waals surface area (Å²) in [6.45, 7) is 3.34. The smallest absolute Gasteiger partial charge is 0.306 e. The molecule has 1 heterocycles. The summed E-state index contributed by atoms with van der Waals surface area (Å²) in [6, 6.07) is 0. The number of ketones is 1. The van der Waals surface area contributed by atoms with Gasteiger partial charge in [0.15, 0.2) is 0 Å². The number of esters is 1. The molecule has 86 valence electrons. The van der Waals surface area contributed by atoms with Gasteiger partial charge in [-0.2, -0.15) is 0 Å². The van der Waals surface area contributed by atoms with Crippen LogP contribution in [0.3, 0.4) is 0 Å². The predicted molar refractivity (Wildman–Crippen MR) is 54.4 cm³/mol. The topological polar surface area (TPSA) is 52.6 Å². The number of carbonyl (C=O) groups excluding carboxylic acids is 2. The Hall–Kier alpha value is -0.900. The predicted octanol–water partition coefficient (Wildman–Crippen LogP) is 1.33. The first-order valence-corrected chi connectivity index (χ1v) is 5.50. The molecule has 0 saturated carbocycles. The number of unbranched alkanes of at least 4 members (excludes halogenated alkanes) is 1. The monoisotopic (exact) mass is 214 g/mol. The molecule has 0 aromatic heterocycles. The van der Waals surface area contributed by atoms with Crippen LogP contribution in [0.1, 0.15) is 32.6 Å². The Kier molecular flexibility index (Phi) is 5.32. The molecule has 0 aromatic rings. The van der Waals surface area contributed by atoms with Crippen LogP contribution in [0, 0.1) is 5.92 Å². The van der Waals surface area contributed by atoms with Gasteiger partial charge in [-0.25, -0.2) is 0 Å². The number of hydrogen-bond acceptors (Lipinski definition) is 4. The maximum absolute atomic E-state index is 11.4. The lowest BCUT2D eigenvalue weighted by Gasteiger charge is -2.19. The molecule has 0 aromatic carbocycles. The van der Waals surface area contributed by atoms with E-state index in [0.717, 1.165) is 12.8 Å². The average Bonchev–Trinajstić information content (AvgIpc) is 2.22. The molecule has 0 aliphatic carbocycles. The third kappa shape index (κ3) is 4.42. The van der Waals surface area contributed by atoms with E-state index in [2.05, 4.69) is 0 Å². The molecule has 1 aliphatic heterocycles. The number of Topliss-reactive ketones (excluding diaryl/α,β-unsaturated/α-hetero) is 1. The molecule has 0 radical (unpaired) electrons.